The molecule has 0 saturated heterocycles. The third-order valence-corrected chi connectivity index (χ3v) is 13.5. The number of carboxylic acids is 1. The summed E-state index contributed by atoms with van der Waals surface area (Å²) in [6.45, 7) is 5.58. The maximum atomic E-state index is 14.8. The number of aliphatic hydroxyl groups is 2. The largest absolute Gasteiger partial charge is 0.508 e. The Hall–Kier alpha value is -7.39. The number of benzene rings is 3. The van der Waals surface area contributed by atoms with Crippen LogP contribution < -0.4 is 54.0 Å². The molecular weight excluding hydrogens is 1050 g/mol. The highest BCUT2D eigenvalue weighted by atomic mass is 32.1. The lowest BCUT2D eigenvalue weighted by molar-refractivity contribution is -0.145. The number of nitrogens with zero attached hydrogens (tertiary/aromatic N) is 1. The zero-order chi connectivity index (χ0) is 57.4. The van der Waals surface area contributed by atoms with Crippen molar-refractivity contribution in [1.29, 1.82) is 0 Å². The second-order valence-corrected chi connectivity index (χ2v) is 21.1. The van der Waals surface area contributed by atoms with Crippen LogP contribution in [0.15, 0.2) is 84.0 Å². The average molecular weight is 1120 g/mol. The topological polar surface area (TPSA) is 394 Å². The van der Waals surface area contributed by atoms with Crippen molar-refractivity contribution in [3.63, 3.8) is 0 Å². The normalized spacial score (nSPS) is 16.6. The van der Waals surface area contributed by atoms with Gasteiger partial charge in [0.15, 0.2) is 12.0 Å². The van der Waals surface area contributed by atoms with Gasteiger partial charge in [-0.3, -0.25) is 38.6 Å². The third kappa shape index (κ3) is 17.6. The van der Waals surface area contributed by atoms with E-state index in [0.29, 0.717) is 35.0 Å². The number of H-pyrrole nitrogens is 1. The number of phenolic OH excluding ortho intramolecular Hbond substituents is 1. The molecule has 0 saturated carbocycles. The van der Waals surface area contributed by atoms with Crippen molar-refractivity contribution in [3.05, 3.63) is 101 Å². The van der Waals surface area contributed by atoms with E-state index in [1.54, 1.807) is 30.5 Å². The molecule has 4 aromatic rings. The van der Waals surface area contributed by atoms with Crippen LogP contribution in [0.5, 0.6) is 5.75 Å². The number of rotatable bonds is 27. The van der Waals surface area contributed by atoms with E-state index < -0.39 is 113 Å². The molecule has 1 aromatic heterocycles. The van der Waals surface area contributed by atoms with Gasteiger partial charge in [0.25, 0.3) is 0 Å². The summed E-state index contributed by atoms with van der Waals surface area (Å²) in [6.07, 6.45) is -1.64. The van der Waals surface area contributed by atoms with E-state index in [-0.39, 0.29) is 49.7 Å². The molecule has 24 nitrogen and oxygen atoms in total. The van der Waals surface area contributed by atoms with Crippen molar-refractivity contribution < 1.29 is 58.8 Å². The molecule has 0 bridgehead atoms. The number of thiol groups is 2. The first-order valence-electron chi connectivity index (χ1n) is 25.1. The molecule has 26 heteroatoms. The lowest BCUT2D eigenvalue weighted by Crippen LogP contribution is -2.64. The number of aromatic amines is 1. The predicted molar refractivity (Wildman–Crippen MR) is 296 cm³/mol. The number of aromatic hydroxyl groups is 1. The molecule has 1 aliphatic heterocycles. The van der Waals surface area contributed by atoms with E-state index in [0.717, 1.165) is 18.1 Å². The van der Waals surface area contributed by atoms with Gasteiger partial charge >= 0.3 is 5.97 Å². The number of aromatic nitrogens is 1. The van der Waals surface area contributed by atoms with Crippen LogP contribution >= 0.6 is 25.3 Å². The number of fused-ring (bicyclic) bond motifs is 2. The summed E-state index contributed by atoms with van der Waals surface area (Å²) in [7, 11) is 0. The molecule has 422 valence electrons. The van der Waals surface area contributed by atoms with E-state index in [1.807, 2.05) is 24.3 Å². The lowest BCUT2D eigenvalue weighted by atomic mass is 9.95. The Bertz CT molecular complexity index is 2800. The average Bonchev–Trinajstić information content (AvgIpc) is 3.81. The van der Waals surface area contributed by atoms with Gasteiger partial charge in [-0.2, -0.15) is 25.3 Å². The molecule has 0 aliphatic carbocycles. The van der Waals surface area contributed by atoms with E-state index in [1.165, 1.54) is 45.0 Å². The Morgan fingerprint density at radius 3 is 1.87 bits per heavy atom. The molecule has 78 heavy (non-hydrogen) atoms. The molecule has 2 heterocycles. The summed E-state index contributed by atoms with van der Waals surface area (Å²) in [5.41, 5.74) is 14.9. The number of hydrogen-bond acceptors (Lipinski definition) is 15. The standard InChI is InChI=1S/C52H70N12O12S2/c1-26(65)40(48(73)64-42(52(3,4)78)49(74)63-41(27(2)66)50(75)76)62-43(68)35(14-9-19-55-51(53)54)58-46(71)38(22-31-24-56-34-13-8-7-12-33(31)34)60-45(70)37(20-28-15-17-32(67)18-16-28)59-47(72)39(25-77)61-44(69)36-21-29-10-5-6-11-30(29)23-57-36/h5-8,10-13,15-18,24,26-27,35-42,56-57,65-67,77-78H,9,14,19-23,25H2,1-4H3,(H,58,71)(H,59,72)(H,60,70)(H,61,69)(H,62,68)(H,63,74)(H,64,73)(H,75,76)(H4,53,54,55)/t26-,27-,35+,36+,37+,38+,39+,40+,41+,42-/m1/s1. The van der Waals surface area contributed by atoms with Crippen molar-refractivity contribution in [3.8, 4) is 5.75 Å². The summed E-state index contributed by atoms with van der Waals surface area (Å²) >= 11 is 8.78. The molecule has 0 radical (unpaired) electrons. The van der Waals surface area contributed by atoms with Gasteiger partial charge in [-0.15, -0.1) is 0 Å². The zero-order valence-corrected chi connectivity index (χ0v) is 45.3. The van der Waals surface area contributed by atoms with Crippen LogP contribution in [0.25, 0.3) is 10.9 Å². The predicted octanol–water partition coefficient (Wildman–Crippen LogP) is -1.70. The first kappa shape index (κ1) is 61.5. The minimum Gasteiger partial charge on any atom is -0.508 e. The maximum absolute atomic E-state index is 14.8. The van der Waals surface area contributed by atoms with Crippen molar-refractivity contribution in [2.45, 2.75) is 132 Å². The van der Waals surface area contributed by atoms with Crippen molar-refractivity contribution >= 4 is 89.4 Å². The van der Waals surface area contributed by atoms with E-state index in [4.69, 9.17) is 11.5 Å². The fourth-order valence-corrected chi connectivity index (χ4v) is 9.02. The number of para-hydroxylation sites is 1. The van der Waals surface area contributed by atoms with Crippen molar-refractivity contribution in [2.24, 2.45) is 16.5 Å². The van der Waals surface area contributed by atoms with Crippen LogP contribution in [0.2, 0.25) is 0 Å². The number of carbonyl (C=O) groups excluding carboxylic acids is 7. The van der Waals surface area contributed by atoms with Gasteiger partial charge in [0.2, 0.25) is 41.4 Å². The monoisotopic (exact) mass is 1120 g/mol. The number of aliphatic imine (C=N–C) groups is 1. The van der Waals surface area contributed by atoms with Gasteiger partial charge in [0.1, 0.15) is 42.0 Å². The summed E-state index contributed by atoms with van der Waals surface area (Å²) in [5.74, 6) is -8.24. The SMILES string of the molecule is C[C@@H](O)[C@H](NC(=O)[C@@H](NC(=O)[C@@H](NC(=O)[C@H](CCCN=C(N)N)NC(=O)[C@H](Cc1c[nH]c2ccccc12)NC(=O)[C@H](Cc1ccc(O)cc1)NC(=O)[C@H](CS)NC(=O)[C@@H]1Cc2ccccc2CN1)[C@@H](C)O)C(C)(C)S)C(=O)O. The molecule has 7 amide bonds. The van der Waals surface area contributed by atoms with Crippen molar-refractivity contribution in [1.82, 2.24) is 47.5 Å². The first-order valence-corrected chi connectivity index (χ1v) is 26.2. The quantitative estimate of drug-likeness (QED) is 0.0137. The number of aliphatic carboxylic acids is 1. The molecule has 3 aromatic carbocycles. The van der Waals surface area contributed by atoms with E-state index >= 15 is 0 Å². The van der Waals surface area contributed by atoms with Crippen LogP contribution in [-0.2, 0) is 64.2 Å². The molecule has 0 unspecified atom stereocenters. The van der Waals surface area contributed by atoms with Crippen LogP contribution in [0, 0.1) is 0 Å². The van der Waals surface area contributed by atoms with Gasteiger partial charge in [0.05, 0.1) is 18.2 Å². The molecule has 17 N–H and O–H groups in total. The number of amides is 7. The Kier molecular flexibility index (Phi) is 22.3. The highest BCUT2D eigenvalue weighted by Crippen LogP contribution is 2.22. The summed E-state index contributed by atoms with van der Waals surface area (Å²) in [4.78, 5) is 118. The summed E-state index contributed by atoms with van der Waals surface area (Å²) in [6, 6.07) is 9.17. The number of guanidine groups is 1. The Balaban J connectivity index is 1.43. The smallest absolute Gasteiger partial charge is 0.328 e. The van der Waals surface area contributed by atoms with Gasteiger partial charge in [0, 0.05) is 53.5 Å². The van der Waals surface area contributed by atoms with Crippen LogP contribution in [-0.4, -0.2) is 156 Å². The van der Waals surface area contributed by atoms with Gasteiger partial charge < -0.3 is 79.4 Å². The van der Waals surface area contributed by atoms with E-state index in [2.05, 4.69) is 77.8 Å². The summed E-state index contributed by atoms with van der Waals surface area (Å²) in [5, 5.41) is 62.3. The second kappa shape index (κ2) is 28.3. The Morgan fingerprint density at radius 1 is 0.705 bits per heavy atom. The number of nitrogens with two attached hydrogens (primary N) is 2. The minimum atomic E-state index is -1.81. The molecule has 10 atom stereocenters. The van der Waals surface area contributed by atoms with Crippen LogP contribution in [0.3, 0.4) is 0 Å². The number of carboxylic acid groups (broad SMARTS) is 1. The molecule has 0 fully saturated rings. The molecule has 5 rings (SSSR count). The minimum absolute atomic E-state index is 0.0209. The van der Waals surface area contributed by atoms with Crippen LogP contribution in [0.4, 0.5) is 0 Å². The lowest BCUT2D eigenvalue weighted by Gasteiger charge is -2.33. The third-order valence-electron chi connectivity index (χ3n) is 12.9. The van der Waals surface area contributed by atoms with Crippen molar-refractivity contribution in [2.75, 3.05) is 12.3 Å². The van der Waals surface area contributed by atoms with Gasteiger partial charge in [-0.25, -0.2) is 4.79 Å². The van der Waals surface area contributed by atoms with Gasteiger partial charge in [-0.1, -0.05) is 54.6 Å². The highest BCUT2D eigenvalue weighted by Gasteiger charge is 2.40. The molecule has 1 aliphatic rings. The second-order valence-electron chi connectivity index (χ2n) is 19.6. The van der Waals surface area contributed by atoms with Gasteiger partial charge in [-0.05, 0) is 87.4 Å². The number of phenols is 1. The number of carbonyl (C=O) groups is 8. The zero-order valence-electron chi connectivity index (χ0n) is 43.5. The van der Waals surface area contributed by atoms with Crippen LogP contribution in [0.1, 0.15) is 62.8 Å². The fraction of sp³-hybridized carbons (Fsp3) is 0.442. The molecule has 0 spiro atoms. The number of hydrogen-bond donors (Lipinski definition) is 17. The number of aliphatic hydroxyl groups excluding tert-OH is 2. The summed E-state index contributed by atoms with van der Waals surface area (Å²) < 4.78 is -1.39. The maximum Gasteiger partial charge on any atom is 0.328 e. The Morgan fingerprint density at radius 2 is 1.27 bits per heavy atom. The highest BCUT2D eigenvalue weighted by molar-refractivity contribution is 7.81. The first-order chi connectivity index (χ1) is 36.9. The van der Waals surface area contributed by atoms with E-state index in [9.17, 15) is 58.8 Å². The Labute approximate surface area is 461 Å². The number of nitrogens with one attached hydrogen (secondary N) is 9. The molecular formula is C52H70N12O12S2. The fourth-order valence-electron chi connectivity index (χ4n) is 8.58.